The van der Waals surface area contributed by atoms with Crippen LogP contribution < -0.4 is 5.32 Å². The molecule has 196 valence electrons. The Balaban J connectivity index is 1.62. The molecule has 0 bridgehead atoms. The normalized spacial score (nSPS) is 11.5. The number of carbonyl (C=O) groups is 2. The zero-order valence-corrected chi connectivity index (χ0v) is 19.8. The first kappa shape index (κ1) is 25.5. The summed E-state index contributed by atoms with van der Waals surface area (Å²) in [5.74, 6) is -3.68. The van der Waals surface area contributed by atoms with Crippen LogP contribution in [0.25, 0.3) is 28.0 Å². The number of rotatable bonds is 6. The van der Waals surface area contributed by atoms with Crippen LogP contribution in [0.1, 0.15) is 21.5 Å². The van der Waals surface area contributed by atoms with Gasteiger partial charge >= 0.3 is 12.1 Å². The van der Waals surface area contributed by atoms with Crippen molar-refractivity contribution in [1.82, 2.24) is 19.7 Å². The average Bonchev–Trinajstić information content (AvgIpc) is 3.26. The molecule has 0 saturated heterocycles. The number of aromatic nitrogens is 4. The molecule has 8 nitrogen and oxygen atoms in total. The molecule has 1 amide bonds. The van der Waals surface area contributed by atoms with Crippen LogP contribution in [-0.2, 0) is 17.4 Å². The van der Waals surface area contributed by atoms with Gasteiger partial charge < -0.3 is 10.4 Å². The van der Waals surface area contributed by atoms with Crippen LogP contribution in [0, 0.1) is 5.82 Å². The second-order valence-corrected chi connectivity index (χ2v) is 8.42. The monoisotopic (exact) mass is 535 g/mol. The number of hydrogen-bond acceptors (Lipinski definition) is 5. The molecule has 2 heterocycles. The van der Waals surface area contributed by atoms with Gasteiger partial charge in [-0.05, 0) is 48.0 Å². The summed E-state index contributed by atoms with van der Waals surface area (Å²) >= 11 is 0. The van der Waals surface area contributed by atoms with E-state index in [4.69, 9.17) is 5.11 Å². The van der Waals surface area contributed by atoms with Crippen molar-refractivity contribution in [3.8, 4) is 17.1 Å². The maximum Gasteiger partial charge on any atom is 0.417 e. The summed E-state index contributed by atoms with van der Waals surface area (Å²) in [5.41, 5.74) is -1.22. The molecule has 5 rings (SSSR count). The molecule has 12 heteroatoms. The second kappa shape index (κ2) is 9.97. The second-order valence-electron chi connectivity index (χ2n) is 8.42. The van der Waals surface area contributed by atoms with E-state index in [0.717, 1.165) is 6.07 Å². The van der Waals surface area contributed by atoms with Crippen molar-refractivity contribution in [2.45, 2.75) is 12.6 Å². The number of anilines is 1. The highest BCUT2D eigenvalue weighted by Crippen LogP contribution is 2.38. The van der Waals surface area contributed by atoms with Gasteiger partial charge in [-0.15, -0.1) is 0 Å². The van der Waals surface area contributed by atoms with E-state index in [2.05, 4.69) is 20.4 Å². The summed E-state index contributed by atoms with van der Waals surface area (Å²) in [4.78, 5) is 32.1. The van der Waals surface area contributed by atoms with E-state index >= 15 is 0 Å². The van der Waals surface area contributed by atoms with Gasteiger partial charge in [-0.2, -0.15) is 18.3 Å². The van der Waals surface area contributed by atoms with Crippen molar-refractivity contribution in [2.24, 2.45) is 0 Å². The Kier molecular flexibility index (Phi) is 6.52. The van der Waals surface area contributed by atoms with E-state index < -0.39 is 40.6 Å². The largest absolute Gasteiger partial charge is 0.481 e. The lowest BCUT2D eigenvalue weighted by Gasteiger charge is -2.15. The summed E-state index contributed by atoms with van der Waals surface area (Å²) in [7, 11) is 0. The number of fused-ring (bicyclic) bond motifs is 1. The SMILES string of the molecule is O=C(O)Cc1ccc2c(NC(=O)c3cc(-c4ncccn4)c(C(F)(F)F)cc3F)n(-c3ccccc3)nc2c1. The summed E-state index contributed by atoms with van der Waals surface area (Å²) in [6.45, 7) is 0. The molecule has 2 N–H and O–H groups in total. The third-order valence-corrected chi connectivity index (χ3v) is 5.79. The van der Waals surface area contributed by atoms with Crippen molar-refractivity contribution >= 4 is 28.6 Å². The van der Waals surface area contributed by atoms with Crippen molar-refractivity contribution < 1.29 is 32.3 Å². The number of alkyl halides is 3. The van der Waals surface area contributed by atoms with E-state index in [9.17, 15) is 27.2 Å². The molecule has 2 aromatic heterocycles. The van der Waals surface area contributed by atoms with E-state index in [-0.39, 0.29) is 24.1 Å². The number of nitrogens with one attached hydrogen (secondary N) is 1. The number of hydrogen-bond donors (Lipinski definition) is 2. The van der Waals surface area contributed by atoms with Gasteiger partial charge in [-0.25, -0.2) is 19.0 Å². The Hall–Kier alpha value is -5.13. The van der Waals surface area contributed by atoms with Crippen molar-refractivity contribution in [3.05, 3.63) is 102 Å². The lowest BCUT2D eigenvalue weighted by atomic mass is 10.0. The highest BCUT2D eigenvalue weighted by atomic mass is 19.4. The fraction of sp³-hybridized carbons (Fsp3) is 0.0741. The first-order chi connectivity index (χ1) is 18.6. The predicted molar refractivity (Wildman–Crippen MR) is 133 cm³/mol. The van der Waals surface area contributed by atoms with Gasteiger partial charge in [0.05, 0.1) is 28.8 Å². The number of benzene rings is 3. The topological polar surface area (TPSA) is 110 Å². The van der Waals surface area contributed by atoms with Crippen molar-refractivity contribution in [1.29, 1.82) is 0 Å². The summed E-state index contributed by atoms with van der Waals surface area (Å²) in [6.07, 6.45) is -2.72. The first-order valence-electron chi connectivity index (χ1n) is 11.4. The maximum atomic E-state index is 15.0. The number of nitrogens with zero attached hydrogens (tertiary/aromatic N) is 4. The minimum atomic E-state index is -4.93. The number of carboxylic acid groups (broad SMARTS) is 1. The summed E-state index contributed by atoms with van der Waals surface area (Å²) < 4.78 is 57.5. The number of aliphatic carboxylic acids is 1. The van der Waals surface area contributed by atoms with E-state index in [1.165, 1.54) is 23.1 Å². The third kappa shape index (κ3) is 5.17. The highest BCUT2D eigenvalue weighted by molar-refractivity contribution is 6.09. The van der Waals surface area contributed by atoms with E-state index in [1.807, 2.05) is 0 Å². The molecule has 0 aliphatic heterocycles. The third-order valence-electron chi connectivity index (χ3n) is 5.79. The van der Waals surface area contributed by atoms with Crippen LogP contribution in [0.4, 0.5) is 23.4 Å². The Morgan fingerprint density at radius 2 is 1.67 bits per heavy atom. The zero-order chi connectivity index (χ0) is 27.7. The fourth-order valence-corrected chi connectivity index (χ4v) is 4.07. The van der Waals surface area contributed by atoms with E-state index in [1.54, 1.807) is 48.5 Å². The number of carbonyl (C=O) groups excluding carboxylic acids is 1. The predicted octanol–water partition coefficient (Wildman–Crippen LogP) is 5.52. The van der Waals surface area contributed by atoms with Gasteiger partial charge in [0.15, 0.2) is 5.82 Å². The molecule has 0 spiro atoms. The Morgan fingerprint density at radius 1 is 0.949 bits per heavy atom. The minimum Gasteiger partial charge on any atom is -0.481 e. The molecule has 5 aromatic rings. The van der Waals surface area contributed by atoms with Crippen LogP contribution in [-0.4, -0.2) is 36.7 Å². The molecule has 3 aromatic carbocycles. The number of amides is 1. The molecular formula is C27H17F4N5O3. The molecule has 0 fully saturated rings. The number of carboxylic acids is 1. The molecule has 0 unspecified atom stereocenters. The van der Waals surface area contributed by atoms with Crippen molar-refractivity contribution in [3.63, 3.8) is 0 Å². The molecule has 0 radical (unpaired) electrons. The average molecular weight is 535 g/mol. The summed E-state index contributed by atoms with van der Waals surface area (Å²) in [6, 6.07) is 15.7. The van der Waals surface area contributed by atoms with Gasteiger partial charge in [0, 0.05) is 23.3 Å². The van der Waals surface area contributed by atoms with Crippen LogP contribution in [0.3, 0.4) is 0 Å². The van der Waals surface area contributed by atoms with Gasteiger partial charge in [0.25, 0.3) is 5.91 Å². The molecule has 39 heavy (non-hydrogen) atoms. The van der Waals surface area contributed by atoms with Gasteiger partial charge in [0.1, 0.15) is 11.6 Å². The number of halogens is 4. The molecule has 0 aliphatic rings. The molecule has 0 aliphatic carbocycles. The van der Waals surface area contributed by atoms with Crippen molar-refractivity contribution in [2.75, 3.05) is 5.32 Å². The standard InChI is InChI=1S/C27H17F4N5O3/c28-21-14-20(27(29,30)31)18(24-32-9-4-10-33-24)13-19(21)26(39)34-25-17-8-7-15(12-23(37)38)11-22(17)35-36(25)16-5-2-1-3-6-16/h1-11,13-14H,12H2,(H,34,39)(H,37,38). The van der Waals surface area contributed by atoms with Gasteiger partial charge in [-0.3, -0.25) is 9.59 Å². The molecular weight excluding hydrogens is 518 g/mol. The van der Waals surface area contributed by atoms with Crippen LogP contribution in [0.2, 0.25) is 0 Å². The quantitative estimate of drug-likeness (QED) is 0.277. The minimum absolute atomic E-state index is 0.111. The summed E-state index contributed by atoms with van der Waals surface area (Å²) in [5, 5.41) is 16.6. The van der Waals surface area contributed by atoms with Crippen LogP contribution in [0.15, 0.2) is 79.1 Å². The van der Waals surface area contributed by atoms with Crippen LogP contribution >= 0.6 is 0 Å². The van der Waals surface area contributed by atoms with E-state index in [0.29, 0.717) is 22.2 Å². The zero-order valence-electron chi connectivity index (χ0n) is 19.8. The van der Waals surface area contributed by atoms with Gasteiger partial charge in [-0.1, -0.05) is 24.3 Å². The number of para-hydroxylation sites is 1. The first-order valence-corrected chi connectivity index (χ1v) is 11.4. The van der Waals surface area contributed by atoms with Crippen LogP contribution in [0.5, 0.6) is 0 Å². The Bertz CT molecular complexity index is 1700. The lowest BCUT2D eigenvalue weighted by molar-refractivity contribution is -0.137. The molecule has 0 atom stereocenters. The smallest absolute Gasteiger partial charge is 0.417 e. The Morgan fingerprint density at radius 3 is 2.33 bits per heavy atom. The van der Waals surface area contributed by atoms with Gasteiger partial charge in [0.2, 0.25) is 0 Å². The maximum absolute atomic E-state index is 15.0. The Labute approximate surface area is 217 Å². The molecule has 0 saturated carbocycles. The highest BCUT2D eigenvalue weighted by Gasteiger charge is 2.36. The fourth-order valence-electron chi connectivity index (χ4n) is 4.07. The lowest BCUT2D eigenvalue weighted by Crippen LogP contribution is -2.18.